The molecule has 104 valence electrons. The molecule has 1 aromatic carbocycles. The summed E-state index contributed by atoms with van der Waals surface area (Å²) in [6, 6.07) is 6.55. The Balaban J connectivity index is 1.97. The predicted molar refractivity (Wildman–Crippen MR) is 78.2 cm³/mol. The molecule has 0 spiro atoms. The zero-order chi connectivity index (χ0) is 14.1. The van der Waals surface area contributed by atoms with Gasteiger partial charge in [0.25, 0.3) is 0 Å². The minimum atomic E-state index is -0.381. The molecule has 0 amide bonds. The van der Waals surface area contributed by atoms with E-state index in [4.69, 9.17) is 0 Å². The number of aromatic amines is 1. The van der Waals surface area contributed by atoms with Gasteiger partial charge in [-0.3, -0.25) is 9.69 Å². The topological polar surface area (TPSA) is 36.1 Å². The van der Waals surface area contributed by atoms with Gasteiger partial charge in [-0.15, -0.1) is 0 Å². The molecule has 1 aliphatic heterocycles. The Hall–Kier alpha value is -1.94. The molecule has 1 N–H and O–H groups in total. The van der Waals surface area contributed by atoms with Crippen molar-refractivity contribution in [2.24, 2.45) is 0 Å². The highest BCUT2D eigenvalue weighted by molar-refractivity contribution is 5.78. The number of hydrogen-bond acceptors (Lipinski definition) is 2. The van der Waals surface area contributed by atoms with Crippen LogP contribution in [0, 0.1) is 5.82 Å². The van der Waals surface area contributed by atoms with E-state index in [0.29, 0.717) is 23.5 Å². The molecule has 1 atom stereocenters. The minimum Gasteiger partial charge on any atom is -0.355 e. The van der Waals surface area contributed by atoms with Crippen LogP contribution in [-0.2, 0) is 6.54 Å². The van der Waals surface area contributed by atoms with Crippen molar-refractivity contribution in [3.8, 4) is 0 Å². The van der Waals surface area contributed by atoms with Crippen molar-refractivity contribution in [2.75, 3.05) is 6.54 Å². The number of nitrogens with zero attached hydrogens (tertiary/aromatic N) is 1. The van der Waals surface area contributed by atoms with Gasteiger partial charge < -0.3 is 4.98 Å². The van der Waals surface area contributed by atoms with E-state index >= 15 is 0 Å². The van der Waals surface area contributed by atoms with Crippen LogP contribution in [0.2, 0.25) is 0 Å². The van der Waals surface area contributed by atoms with Crippen LogP contribution in [0.25, 0.3) is 10.9 Å². The van der Waals surface area contributed by atoms with Crippen LogP contribution in [0.3, 0.4) is 0 Å². The lowest BCUT2D eigenvalue weighted by Crippen LogP contribution is -2.29. The fourth-order valence-electron chi connectivity index (χ4n) is 2.78. The van der Waals surface area contributed by atoms with Crippen molar-refractivity contribution >= 4 is 10.9 Å². The largest absolute Gasteiger partial charge is 0.355 e. The van der Waals surface area contributed by atoms with Gasteiger partial charge >= 0.3 is 0 Å². The third kappa shape index (κ3) is 2.27. The van der Waals surface area contributed by atoms with Crippen molar-refractivity contribution < 1.29 is 4.39 Å². The van der Waals surface area contributed by atoms with Crippen LogP contribution in [0.5, 0.6) is 0 Å². The minimum absolute atomic E-state index is 0.131. The summed E-state index contributed by atoms with van der Waals surface area (Å²) in [5, 5.41) is 0.403. The highest BCUT2D eigenvalue weighted by Crippen LogP contribution is 2.17. The third-order valence-corrected chi connectivity index (χ3v) is 3.83. The molecule has 2 aromatic rings. The lowest BCUT2D eigenvalue weighted by Gasteiger charge is -2.23. The number of para-hydroxylation sites is 1. The number of benzene rings is 1. The Bertz CT molecular complexity index is 720. The zero-order valence-electron chi connectivity index (χ0n) is 11.4. The molecule has 20 heavy (non-hydrogen) atoms. The zero-order valence-corrected chi connectivity index (χ0v) is 11.4. The fourth-order valence-corrected chi connectivity index (χ4v) is 2.78. The number of rotatable bonds is 3. The highest BCUT2D eigenvalue weighted by Gasteiger charge is 2.18. The molecular weight excluding hydrogens is 255 g/mol. The van der Waals surface area contributed by atoms with E-state index in [1.54, 1.807) is 18.2 Å². The van der Waals surface area contributed by atoms with Crippen molar-refractivity contribution in [3.05, 3.63) is 58.2 Å². The van der Waals surface area contributed by atoms with E-state index in [9.17, 15) is 9.18 Å². The lowest BCUT2D eigenvalue weighted by atomic mass is 10.1. The highest BCUT2D eigenvalue weighted by atomic mass is 19.1. The van der Waals surface area contributed by atoms with Gasteiger partial charge in [-0.05, 0) is 18.6 Å². The smallest absolute Gasteiger partial charge is 0.189 e. The average Bonchev–Trinajstić information content (AvgIpc) is 2.87. The first kappa shape index (κ1) is 13.1. The van der Waals surface area contributed by atoms with Crippen molar-refractivity contribution in [2.45, 2.75) is 25.9 Å². The van der Waals surface area contributed by atoms with Crippen LogP contribution in [0.15, 0.2) is 41.2 Å². The maximum Gasteiger partial charge on any atom is 0.189 e. The maximum absolute atomic E-state index is 13.8. The Morgan fingerprint density at radius 2 is 2.30 bits per heavy atom. The first-order valence-corrected chi connectivity index (χ1v) is 6.90. The monoisotopic (exact) mass is 272 g/mol. The quantitative estimate of drug-likeness (QED) is 0.872. The Labute approximate surface area is 116 Å². The van der Waals surface area contributed by atoms with Crippen molar-refractivity contribution in [1.29, 1.82) is 0 Å². The summed E-state index contributed by atoms with van der Waals surface area (Å²) in [7, 11) is 0. The average molecular weight is 272 g/mol. The number of pyridine rings is 1. The molecule has 3 nitrogen and oxygen atoms in total. The van der Waals surface area contributed by atoms with Crippen LogP contribution in [0.1, 0.15) is 19.0 Å². The molecule has 0 bridgehead atoms. The number of aromatic nitrogens is 1. The van der Waals surface area contributed by atoms with Gasteiger partial charge in [-0.1, -0.05) is 25.1 Å². The third-order valence-electron chi connectivity index (χ3n) is 3.83. The van der Waals surface area contributed by atoms with E-state index in [1.165, 1.54) is 6.07 Å². The number of halogens is 1. The fraction of sp³-hybridized carbons (Fsp3) is 0.312. The summed E-state index contributed by atoms with van der Waals surface area (Å²) in [6.45, 7) is 3.64. The summed E-state index contributed by atoms with van der Waals surface area (Å²) < 4.78 is 13.8. The first-order valence-electron chi connectivity index (χ1n) is 6.90. The van der Waals surface area contributed by atoms with E-state index < -0.39 is 0 Å². The Morgan fingerprint density at radius 1 is 1.45 bits per heavy atom. The van der Waals surface area contributed by atoms with Gasteiger partial charge in [0.2, 0.25) is 0 Å². The summed E-state index contributed by atoms with van der Waals surface area (Å²) in [5.41, 5.74) is 0.929. The number of fused-ring (bicyclic) bond motifs is 1. The first-order chi connectivity index (χ1) is 9.69. The molecule has 4 heteroatoms. The molecule has 2 heterocycles. The molecule has 0 radical (unpaired) electrons. The van der Waals surface area contributed by atoms with E-state index in [-0.39, 0.29) is 11.2 Å². The molecule has 0 fully saturated rings. The second-order valence-electron chi connectivity index (χ2n) is 5.15. The number of H-pyrrole nitrogens is 1. The Kier molecular flexibility index (Phi) is 3.40. The van der Waals surface area contributed by atoms with Gasteiger partial charge in [0, 0.05) is 36.3 Å². The second kappa shape index (κ2) is 5.21. The summed E-state index contributed by atoms with van der Waals surface area (Å²) >= 11 is 0. The van der Waals surface area contributed by atoms with Crippen LogP contribution < -0.4 is 5.43 Å². The maximum atomic E-state index is 13.8. The van der Waals surface area contributed by atoms with Gasteiger partial charge in [0.05, 0.1) is 5.52 Å². The standard InChI is InChI=1S/C16H17FN2O/c1-2-12-5-4-8-19(12)10-11-9-15(20)13-6-3-7-14(17)16(13)18-11/h3-7,9,12H,2,8,10H2,1H3,(H,18,20). The number of hydrogen-bond donors (Lipinski definition) is 1. The van der Waals surface area contributed by atoms with Crippen LogP contribution in [0.4, 0.5) is 4.39 Å². The molecule has 1 aliphatic rings. The normalized spacial score (nSPS) is 19.0. The molecule has 1 unspecified atom stereocenters. The van der Waals surface area contributed by atoms with Crippen molar-refractivity contribution in [3.63, 3.8) is 0 Å². The van der Waals surface area contributed by atoms with Crippen LogP contribution in [-0.4, -0.2) is 22.5 Å². The molecule has 3 rings (SSSR count). The van der Waals surface area contributed by atoms with E-state index in [1.807, 2.05) is 0 Å². The molecule has 0 saturated carbocycles. The van der Waals surface area contributed by atoms with E-state index in [0.717, 1.165) is 18.7 Å². The molecule has 0 aliphatic carbocycles. The van der Waals surface area contributed by atoms with Crippen LogP contribution >= 0.6 is 0 Å². The van der Waals surface area contributed by atoms with Gasteiger partial charge in [0.1, 0.15) is 5.82 Å². The van der Waals surface area contributed by atoms with Crippen molar-refractivity contribution in [1.82, 2.24) is 9.88 Å². The SMILES string of the molecule is CCC1C=CCN1Cc1cc(=O)c2cccc(F)c2[nH]1. The summed E-state index contributed by atoms with van der Waals surface area (Å²) in [5.74, 6) is -0.381. The molecule has 1 aromatic heterocycles. The lowest BCUT2D eigenvalue weighted by molar-refractivity contribution is 0.255. The summed E-state index contributed by atoms with van der Waals surface area (Å²) in [4.78, 5) is 17.4. The van der Waals surface area contributed by atoms with Gasteiger partial charge in [-0.2, -0.15) is 0 Å². The van der Waals surface area contributed by atoms with E-state index in [2.05, 4.69) is 29.0 Å². The summed E-state index contributed by atoms with van der Waals surface area (Å²) in [6.07, 6.45) is 5.34. The molecule has 0 saturated heterocycles. The number of nitrogens with one attached hydrogen (secondary N) is 1. The Morgan fingerprint density at radius 3 is 3.10 bits per heavy atom. The van der Waals surface area contributed by atoms with Gasteiger partial charge in [-0.25, -0.2) is 4.39 Å². The predicted octanol–water partition coefficient (Wildman–Crippen LogP) is 2.82. The van der Waals surface area contributed by atoms with Gasteiger partial charge in [0.15, 0.2) is 5.43 Å². The second-order valence-corrected chi connectivity index (χ2v) is 5.15. The molecular formula is C16H17FN2O.